The van der Waals surface area contributed by atoms with Crippen molar-refractivity contribution >= 4 is 11.1 Å². The van der Waals surface area contributed by atoms with Crippen LogP contribution in [-0.2, 0) is 0 Å². The molecule has 84 valence electrons. The van der Waals surface area contributed by atoms with Gasteiger partial charge in [0, 0.05) is 0 Å². The van der Waals surface area contributed by atoms with Crippen LogP contribution < -0.4 is 5.76 Å². The van der Waals surface area contributed by atoms with Crippen LogP contribution in [0.1, 0.15) is 0 Å². The second kappa shape index (κ2) is 3.59. The monoisotopic (exact) mass is 229 g/mol. The summed E-state index contributed by atoms with van der Waals surface area (Å²) in [6.07, 6.45) is 0. The van der Waals surface area contributed by atoms with Crippen LogP contribution in [0.5, 0.6) is 0 Å². The number of hydrogen-bond acceptors (Lipinski definition) is 2. The van der Waals surface area contributed by atoms with E-state index in [1.54, 1.807) is 24.3 Å². The molecule has 3 rings (SSSR count). The van der Waals surface area contributed by atoms with Crippen molar-refractivity contribution < 1.29 is 8.81 Å². The van der Waals surface area contributed by atoms with Gasteiger partial charge in [0.25, 0.3) is 0 Å². The lowest BCUT2D eigenvalue weighted by atomic mass is 10.1. The molecule has 4 heteroatoms. The largest absolute Gasteiger partial charge is 0.417 e. The quantitative estimate of drug-likeness (QED) is 0.697. The average Bonchev–Trinajstić information content (AvgIpc) is 2.69. The molecule has 1 heterocycles. The first-order valence-electron chi connectivity index (χ1n) is 5.11. The van der Waals surface area contributed by atoms with Gasteiger partial charge in [-0.05, 0) is 35.4 Å². The maximum Gasteiger partial charge on any atom is 0.417 e. The molecule has 1 N–H and O–H groups in total. The van der Waals surface area contributed by atoms with Crippen molar-refractivity contribution in [3.63, 3.8) is 0 Å². The highest BCUT2D eigenvalue weighted by Gasteiger charge is 2.03. The third kappa shape index (κ3) is 1.73. The lowest BCUT2D eigenvalue weighted by Gasteiger charge is -2.00. The second-order valence-corrected chi connectivity index (χ2v) is 3.73. The zero-order valence-corrected chi connectivity index (χ0v) is 8.74. The Balaban J connectivity index is 2.17. The molecule has 3 aromatic rings. The smallest absolute Gasteiger partial charge is 0.408 e. The molecular weight excluding hydrogens is 221 g/mol. The Kier molecular flexibility index (Phi) is 2.08. The first-order valence-corrected chi connectivity index (χ1v) is 5.11. The van der Waals surface area contributed by atoms with Gasteiger partial charge in [-0.15, -0.1) is 0 Å². The molecule has 0 aliphatic carbocycles. The van der Waals surface area contributed by atoms with Crippen molar-refractivity contribution in [1.82, 2.24) is 4.98 Å². The van der Waals surface area contributed by atoms with E-state index in [4.69, 9.17) is 4.42 Å². The molecule has 0 fully saturated rings. The van der Waals surface area contributed by atoms with Gasteiger partial charge in [0.15, 0.2) is 5.58 Å². The standard InChI is InChI=1S/C13H8FNO2/c14-10-4-1-8(2-5-10)9-3-6-12-11(7-9)15-13(16)17-12/h1-7H,(H,15,16). The van der Waals surface area contributed by atoms with Crippen molar-refractivity contribution in [1.29, 1.82) is 0 Å². The summed E-state index contributed by atoms with van der Waals surface area (Å²) in [5.41, 5.74) is 2.93. The van der Waals surface area contributed by atoms with Crippen molar-refractivity contribution in [3.05, 3.63) is 58.8 Å². The number of fused-ring (bicyclic) bond motifs is 1. The number of H-pyrrole nitrogens is 1. The number of halogens is 1. The van der Waals surface area contributed by atoms with E-state index in [0.29, 0.717) is 11.1 Å². The van der Waals surface area contributed by atoms with Crippen LogP contribution in [0.4, 0.5) is 4.39 Å². The van der Waals surface area contributed by atoms with E-state index in [2.05, 4.69) is 4.98 Å². The van der Waals surface area contributed by atoms with Gasteiger partial charge in [0.1, 0.15) is 5.82 Å². The van der Waals surface area contributed by atoms with Crippen LogP contribution in [-0.4, -0.2) is 4.98 Å². The van der Waals surface area contributed by atoms with E-state index < -0.39 is 5.76 Å². The number of hydrogen-bond donors (Lipinski definition) is 1. The van der Waals surface area contributed by atoms with Gasteiger partial charge >= 0.3 is 5.76 Å². The first kappa shape index (κ1) is 9.84. The van der Waals surface area contributed by atoms with Crippen molar-refractivity contribution in [2.45, 2.75) is 0 Å². The van der Waals surface area contributed by atoms with E-state index in [1.165, 1.54) is 12.1 Å². The molecule has 0 unspecified atom stereocenters. The van der Waals surface area contributed by atoms with Gasteiger partial charge in [-0.3, -0.25) is 4.98 Å². The zero-order chi connectivity index (χ0) is 11.8. The van der Waals surface area contributed by atoms with Gasteiger partial charge in [0.05, 0.1) is 5.52 Å². The average molecular weight is 229 g/mol. The molecule has 0 aliphatic rings. The molecule has 3 nitrogen and oxygen atoms in total. The molecule has 0 atom stereocenters. The van der Waals surface area contributed by atoms with Crippen molar-refractivity contribution in [3.8, 4) is 11.1 Å². The third-order valence-corrected chi connectivity index (χ3v) is 2.60. The second-order valence-electron chi connectivity index (χ2n) is 3.73. The summed E-state index contributed by atoms with van der Waals surface area (Å²) >= 11 is 0. The molecule has 0 saturated carbocycles. The predicted octanol–water partition coefficient (Wildman–Crippen LogP) is 2.93. The Morgan fingerprint density at radius 3 is 2.47 bits per heavy atom. The van der Waals surface area contributed by atoms with E-state index in [0.717, 1.165) is 11.1 Å². The fourth-order valence-corrected chi connectivity index (χ4v) is 1.77. The molecule has 17 heavy (non-hydrogen) atoms. The Hall–Kier alpha value is -2.36. The Labute approximate surface area is 95.5 Å². The van der Waals surface area contributed by atoms with E-state index >= 15 is 0 Å². The van der Waals surface area contributed by atoms with Crippen molar-refractivity contribution in [2.24, 2.45) is 0 Å². The van der Waals surface area contributed by atoms with Crippen LogP contribution in [0, 0.1) is 5.82 Å². The highest BCUT2D eigenvalue weighted by Crippen LogP contribution is 2.23. The number of nitrogens with one attached hydrogen (secondary N) is 1. The summed E-state index contributed by atoms with van der Waals surface area (Å²) in [4.78, 5) is 13.6. The SMILES string of the molecule is O=c1[nH]c2cc(-c3ccc(F)cc3)ccc2o1. The molecule has 0 saturated heterocycles. The third-order valence-electron chi connectivity index (χ3n) is 2.60. The number of rotatable bonds is 1. The first-order chi connectivity index (χ1) is 8.22. The Morgan fingerprint density at radius 1 is 1.00 bits per heavy atom. The Bertz CT molecular complexity index is 725. The molecule has 0 aliphatic heterocycles. The lowest BCUT2D eigenvalue weighted by Crippen LogP contribution is -1.92. The zero-order valence-electron chi connectivity index (χ0n) is 8.74. The summed E-state index contributed by atoms with van der Waals surface area (Å²) < 4.78 is 17.7. The van der Waals surface area contributed by atoms with Gasteiger partial charge in [0.2, 0.25) is 0 Å². The number of aromatic amines is 1. The molecule has 2 aromatic carbocycles. The summed E-state index contributed by atoms with van der Waals surface area (Å²) in [6, 6.07) is 11.5. The van der Waals surface area contributed by atoms with Crippen LogP contribution in [0.15, 0.2) is 51.7 Å². The van der Waals surface area contributed by atoms with Crippen LogP contribution in [0.2, 0.25) is 0 Å². The van der Waals surface area contributed by atoms with Crippen molar-refractivity contribution in [2.75, 3.05) is 0 Å². The summed E-state index contributed by atoms with van der Waals surface area (Å²) in [5.74, 6) is -0.747. The molecule has 0 bridgehead atoms. The molecular formula is C13H8FNO2. The highest BCUT2D eigenvalue weighted by atomic mass is 19.1. The number of benzene rings is 2. The predicted molar refractivity (Wildman–Crippen MR) is 62.2 cm³/mol. The number of aromatic nitrogens is 1. The minimum absolute atomic E-state index is 0.272. The van der Waals surface area contributed by atoms with Crippen LogP contribution in [0.3, 0.4) is 0 Å². The highest BCUT2D eigenvalue weighted by molar-refractivity contribution is 5.79. The maximum absolute atomic E-state index is 12.8. The van der Waals surface area contributed by atoms with Gasteiger partial charge in [-0.25, -0.2) is 9.18 Å². The number of oxazole rings is 1. The van der Waals surface area contributed by atoms with Gasteiger partial charge in [-0.1, -0.05) is 18.2 Å². The molecule has 1 aromatic heterocycles. The van der Waals surface area contributed by atoms with Gasteiger partial charge in [-0.2, -0.15) is 0 Å². The molecule has 0 spiro atoms. The molecule has 0 amide bonds. The van der Waals surface area contributed by atoms with Gasteiger partial charge < -0.3 is 4.42 Å². The fraction of sp³-hybridized carbons (Fsp3) is 0. The minimum atomic E-state index is -0.476. The van der Waals surface area contributed by atoms with Crippen LogP contribution >= 0.6 is 0 Å². The summed E-state index contributed by atoms with van der Waals surface area (Å²) in [6.45, 7) is 0. The van der Waals surface area contributed by atoms with E-state index in [9.17, 15) is 9.18 Å². The minimum Gasteiger partial charge on any atom is -0.408 e. The fourth-order valence-electron chi connectivity index (χ4n) is 1.77. The maximum atomic E-state index is 12.8. The summed E-state index contributed by atoms with van der Waals surface area (Å²) in [5, 5.41) is 0. The lowest BCUT2D eigenvalue weighted by molar-refractivity contribution is 0.555. The Morgan fingerprint density at radius 2 is 1.71 bits per heavy atom. The van der Waals surface area contributed by atoms with E-state index in [-0.39, 0.29) is 5.82 Å². The van der Waals surface area contributed by atoms with E-state index in [1.807, 2.05) is 6.07 Å². The van der Waals surface area contributed by atoms with Crippen LogP contribution in [0.25, 0.3) is 22.2 Å². The summed E-state index contributed by atoms with van der Waals surface area (Å²) in [7, 11) is 0. The molecule has 0 radical (unpaired) electrons. The normalized spacial score (nSPS) is 10.9. The topological polar surface area (TPSA) is 46.0 Å².